The van der Waals surface area contributed by atoms with Crippen molar-refractivity contribution in [3.8, 4) is 0 Å². The smallest absolute Gasteiger partial charge is 0.234 e. The molecular weight excluding hydrogens is 307 g/mol. The fourth-order valence-corrected chi connectivity index (χ4v) is 2.41. The second-order valence-corrected chi connectivity index (χ2v) is 6.11. The number of benzene rings is 2. The van der Waals surface area contributed by atoms with Crippen LogP contribution in [0, 0.1) is 0 Å². The highest BCUT2D eigenvalue weighted by molar-refractivity contribution is 6.39. The van der Waals surface area contributed by atoms with E-state index in [9.17, 15) is 4.79 Å². The molecule has 21 heavy (non-hydrogen) atoms. The summed E-state index contributed by atoms with van der Waals surface area (Å²) >= 11 is 12.1. The maximum absolute atomic E-state index is 12.6. The third-order valence-electron chi connectivity index (χ3n) is 3.40. The number of hydrogen-bond donors (Lipinski definition) is 2. The fourth-order valence-electron chi connectivity index (χ4n) is 1.92. The van der Waals surface area contributed by atoms with E-state index in [0.29, 0.717) is 21.4 Å². The van der Waals surface area contributed by atoms with Gasteiger partial charge in [0.2, 0.25) is 5.91 Å². The summed E-state index contributed by atoms with van der Waals surface area (Å²) in [5, 5.41) is 3.61. The molecule has 0 saturated heterocycles. The van der Waals surface area contributed by atoms with Crippen molar-refractivity contribution < 1.29 is 4.79 Å². The average molecular weight is 323 g/mol. The van der Waals surface area contributed by atoms with E-state index in [2.05, 4.69) is 5.32 Å². The fraction of sp³-hybridized carbons (Fsp3) is 0.188. The number of carbonyl (C=O) groups is 1. The lowest BCUT2D eigenvalue weighted by molar-refractivity contribution is -0.120. The van der Waals surface area contributed by atoms with Gasteiger partial charge in [-0.15, -0.1) is 0 Å². The van der Waals surface area contributed by atoms with Gasteiger partial charge in [0.1, 0.15) is 0 Å². The van der Waals surface area contributed by atoms with Crippen molar-refractivity contribution >= 4 is 40.5 Å². The van der Waals surface area contributed by atoms with Gasteiger partial charge in [-0.3, -0.25) is 4.79 Å². The maximum atomic E-state index is 12.6. The van der Waals surface area contributed by atoms with Gasteiger partial charge in [0.15, 0.2) is 0 Å². The Hall–Kier alpha value is -1.71. The molecule has 0 bridgehead atoms. The molecule has 0 heterocycles. The van der Waals surface area contributed by atoms with Crippen molar-refractivity contribution in [1.82, 2.24) is 0 Å². The third kappa shape index (κ3) is 3.31. The van der Waals surface area contributed by atoms with Crippen LogP contribution >= 0.6 is 23.2 Å². The van der Waals surface area contributed by atoms with Crippen LogP contribution in [0.25, 0.3) is 0 Å². The lowest BCUT2D eigenvalue weighted by atomic mass is 9.83. The molecule has 110 valence electrons. The van der Waals surface area contributed by atoms with Crippen LogP contribution < -0.4 is 11.1 Å². The van der Waals surface area contributed by atoms with E-state index >= 15 is 0 Å². The van der Waals surface area contributed by atoms with Crippen LogP contribution in [0.15, 0.2) is 42.5 Å². The van der Waals surface area contributed by atoms with E-state index in [4.69, 9.17) is 28.9 Å². The molecule has 0 aromatic heterocycles. The van der Waals surface area contributed by atoms with Gasteiger partial charge in [0.25, 0.3) is 0 Å². The Bertz CT molecular complexity index is 646. The highest BCUT2D eigenvalue weighted by Crippen LogP contribution is 2.32. The molecule has 1 amide bonds. The summed E-state index contributed by atoms with van der Waals surface area (Å²) < 4.78 is 0. The number of carbonyl (C=O) groups excluding carboxylic acids is 1. The first-order valence-electron chi connectivity index (χ1n) is 6.44. The van der Waals surface area contributed by atoms with Crippen LogP contribution in [-0.2, 0) is 10.2 Å². The average Bonchev–Trinajstić information content (AvgIpc) is 2.43. The minimum Gasteiger partial charge on any atom is -0.399 e. The number of para-hydroxylation sites is 1. The topological polar surface area (TPSA) is 55.1 Å². The molecule has 0 radical (unpaired) electrons. The first-order valence-corrected chi connectivity index (χ1v) is 7.19. The van der Waals surface area contributed by atoms with E-state index in [1.165, 1.54) is 0 Å². The van der Waals surface area contributed by atoms with Gasteiger partial charge in [-0.25, -0.2) is 0 Å². The van der Waals surface area contributed by atoms with Gasteiger partial charge < -0.3 is 11.1 Å². The molecule has 0 atom stereocenters. The van der Waals surface area contributed by atoms with Crippen LogP contribution in [0.1, 0.15) is 19.4 Å². The zero-order chi connectivity index (χ0) is 15.6. The number of anilines is 2. The van der Waals surface area contributed by atoms with Crippen LogP contribution in [0.4, 0.5) is 11.4 Å². The van der Waals surface area contributed by atoms with Crippen LogP contribution in [0.2, 0.25) is 10.0 Å². The Morgan fingerprint density at radius 2 is 1.57 bits per heavy atom. The standard InChI is InChI=1S/C16H16Cl2N2O/c1-16(2,10-6-8-11(19)9-7-10)15(21)20-14-12(17)4-3-5-13(14)18/h3-9H,19H2,1-2H3,(H,20,21). The SMILES string of the molecule is CC(C)(C(=O)Nc1c(Cl)cccc1Cl)c1ccc(N)cc1. The van der Waals surface area contributed by atoms with Crippen molar-refractivity contribution in [2.24, 2.45) is 0 Å². The van der Waals surface area contributed by atoms with Crippen molar-refractivity contribution in [3.63, 3.8) is 0 Å². The summed E-state index contributed by atoms with van der Waals surface area (Å²) in [5.74, 6) is -0.192. The van der Waals surface area contributed by atoms with Crippen molar-refractivity contribution in [1.29, 1.82) is 0 Å². The van der Waals surface area contributed by atoms with Crippen LogP contribution in [-0.4, -0.2) is 5.91 Å². The summed E-state index contributed by atoms with van der Waals surface area (Å²) in [5.41, 5.74) is 6.87. The van der Waals surface area contributed by atoms with Crippen LogP contribution in [0.3, 0.4) is 0 Å². The number of rotatable bonds is 3. The van der Waals surface area contributed by atoms with Crippen molar-refractivity contribution in [3.05, 3.63) is 58.1 Å². The van der Waals surface area contributed by atoms with Gasteiger partial charge in [0.05, 0.1) is 21.1 Å². The predicted octanol–water partition coefficient (Wildman–Crippen LogP) is 4.49. The molecule has 0 aliphatic carbocycles. The zero-order valence-corrected chi connectivity index (χ0v) is 13.3. The molecule has 0 spiro atoms. The number of nitrogens with one attached hydrogen (secondary N) is 1. The second kappa shape index (κ2) is 5.96. The van der Waals surface area contributed by atoms with Crippen molar-refractivity contribution in [2.75, 3.05) is 11.1 Å². The molecule has 0 aliphatic heterocycles. The van der Waals surface area contributed by atoms with Gasteiger partial charge in [-0.1, -0.05) is 41.4 Å². The number of halogens is 2. The molecule has 0 saturated carbocycles. The van der Waals surface area contributed by atoms with Gasteiger partial charge in [-0.05, 0) is 43.7 Å². The van der Waals surface area contributed by atoms with E-state index in [-0.39, 0.29) is 5.91 Å². The second-order valence-electron chi connectivity index (χ2n) is 5.30. The highest BCUT2D eigenvalue weighted by atomic mass is 35.5. The minimum absolute atomic E-state index is 0.192. The van der Waals surface area contributed by atoms with Gasteiger partial charge >= 0.3 is 0 Å². The largest absolute Gasteiger partial charge is 0.399 e. The summed E-state index contributed by atoms with van der Waals surface area (Å²) in [6, 6.07) is 12.3. The van der Waals surface area contributed by atoms with Gasteiger partial charge in [-0.2, -0.15) is 0 Å². The van der Waals surface area contributed by atoms with Gasteiger partial charge in [0, 0.05) is 5.69 Å². The normalized spacial score (nSPS) is 11.2. The Morgan fingerprint density at radius 1 is 1.05 bits per heavy atom. The molecule has 0 fully saturated rings. The summed E-state index contributed by atoms with van der Waals surface area (Å²) in [6.45, 7) is 3.66. The molecule has 0 aliphatic rings. The Labute approximate surface area is 134 Å². The molecule has 2 rings (SSSR count). The highest BCUT2D eigenvalue weighted by Gasteiger charge is 2.30. The molecule has 5 heteroatoms. The number of hydrogen-bond acceptors (Lipinski definition) is 2. The Kier molecular flexibility index (Phi) is 4.45. The molecule has 3 nitrogen and oxygen atoms in total. The van der Waals surface area contributed by atoms with Crippen molar-refractivity contribution in [2.45, 2.75) is 19.3 Å². The minimum atomic E-state index is -0.740. The van der Waals surface area contributed by atoms with E-state index < -0.39 is 5.41 Å². The zero-order valence-electron chi connectivity index (χ0n) is 11.8. The molecular formula is C16H16Cl2N2O. The summed E-state index contributed by atoms with van der Waals surface area (Å²) in [7, 11) is 0. The maximum Gasteiger partial charge on any atom is 0.234 e. The third-order valence-corrected chi connectivity index (χ3v) is 4.03. The number of nitrogens with two attached hydrogens (primary N) is 1. The number of amides is 1. The van der Waals surface area contributed by atoms with Crippen LogP contribution in [0.5, 0.6) is 0 Å². The Morgan fingerprint density at radius 3 is 2.10 bits per heavy atom. The lowest BCUT2D eigenvalue weighted by Gasteiger charge is -2.25. The first-order chi connectivity index (χ1) is 9.82. The number of nitrogen functional groups attached to an aromatic ring is 1. The van der Waals surface area contributed by atoms with E-state index in [1.807, 2.05) is 26.0 Å². The first kappa shape index (κ1) is 15.7. The summed E-state index contributed by atoms with van der Waals surface area (Å²) in [6.07, 6.45) is 0. The molecule has 2 aromatic rings. The predicted molar refractivity (Wildman–Crippen MR) is 89.0 cm³/mol. The molecule has 0 unspecified atom stereocenters. The quantitative estimate of drug-likeness (QED) is 0.818. The lowest BCUT2D eigenvalue weighted by Crippen LogP contribution is -2.34. The van der Waals surface area contributed by atoms with E-state index in [0.717, 1.165) is 5.56 Å². The molecule has 2 aromatic carbocycles. The monoisotopic (exact) mass is 322 g/mol. The van der Waals surface area contributed by atoms with E-state index in [1.54, 1.807) is 30.3 Å². The summed E-state index contributed by atoms with van der Waals surface area (Å²) in [4.78, 5) is 12.6. The molecule has 3 N–H and O–H groups in total. The Balaban J connectivity index is 2.28.